The maximum atomic E-state index is 13.0. The van der Waals surface area contributed by atoms with E-state index in [0.717, 1.165) is 36.8 Å². The van der Waals surface area contributed by atoms with Crippen LogP contribution in [-0.4, -0.2) is 37.9 Å². The van der Waals surface area contributed by atoms with E-state index in [1.165, 1.54) is 0 Å². The molecule has 21 heavy (non-hydrogen) atoms. The molecule has 2 heterocycles. The molecule has 4 nitrogen and oxygen atoms in total. The molecule has 3 rings (SSSR count). The minimum atomic E-state index is -3.54. The van der Waals surface area contributed by atoms with Crippen LogP contribution in [0.1, 0.15) is 19.3 Å². The summed E-state index contributed by atoms with van der Waals surface area (Å²) in [7, 11) is -3.54. The third kappa shape index (κ3) is 3.26. The largest absolute Gasteiger partial charge is 0.315 e. The quantitative estimate of drug-likeness (QED) is 0.807. The van der Waals surface area contributed by atoms with Crippen LogP contribution in [0.25, 0.3) is 0 Å². The first-order chi connectivity index (χ1) is 9.50. The van der Waals surface area contributed by atoms with Gasteiger partial charge in [0.15, 0.2) is 0 Å². The number of nitrogens with one attached hydrogen (secondary N) is 1. The molecule has 0 radical (unpaired) electrons. The van der Waals surface area contributed by atoms with Crippen molar-refractivity contribution in [2.75, 3.05) is 13.1 Å². The first kappa shape index (κ1) is 17.5. The van der Waals surface area contributed by atoms with Gasteiger partial charge >= 0.3 is 0 Å². The van der Waals surface area contributed by atoms with Crippen molar-refractivity contribution >= 4 is 50.0 Å². The van der Waals surface area contributed by atoms with Gasteiger partial charge in [0.1, 0.15) is 4.90 Å². The van der Waals surface area contributed by atoms with Gasteiger partial charge in [-0.05, 0) is 44.0 Å². The van der Waals surface area contributed by atoms with E-state index in [-0.39, 0.29) is 34.4 Å². The zero-order valence-corrected chi connectivity index (χ0v) is 15.2. The van der Waals surface area contributed by atoms with Gasteiger partial charge in [0, 0.05) is 23.1 Å². The highest BCUT2D eigenvalue weighted by molar-refractivity contribution is 9.10. The predicted molar refractivity (Wildman–Crippen MR) is 89.7 cm³/mol. The smallest absolute Gasteiger partial charge is 0.245 e. The minimum Gasteiger partial charge on any atom is -0.315 e. The number of fused-ring (bicyclic) bond motifs is 2. The lowest BCUT2D eigenvalue weighted by Gasteiger charge is -2.27. The fraction of sp³-hybridized carbons (Fsp3) is 0.538. The lowest BCUT2D eigenvalue weighted by molar-refractivity contribution is 0.334. The van der Waals surface area contributed by atoms with E-state index in [4.69, 9.17) is 11.6 Å². The summed E-state index contributed by atoms with van der Waals surface area (Å²) in [5.41, 5.74) is 0. The SMILES string of the molecule is Cl.O=S(=O)(c1cc(Br)ccc1Cl)N1C2CCNCC1CC2. The summed E-state index contributed by atoms with van der Waals surface area (Å²) in [6, 6.07) is 5.10. The molecule has 2 atom stereocenters. The fourth-order valence-corrected chi connectivity index (χ4v) is 6.04. The van der Waals surface area contributed by atoms with Crippen molar-refractivity contribution in [3.8, 4) is 0 Å². The van der Waals surface area contributed by atoms with Gasteiger partial charge in [-0.2, -0.15) is 4.31 Å². The van der Waals surface area contributed by atoms with E-state index in [0.29, 0.717) is 0 Å². The number of sulfonamides is 1. The number of hydrogen-bond acceptors (Lipinski definition) is 3. The Bertz CT molecular complexity index is 613. The third-order valence-electron chi connectivity index (χ3n) is 4.04. The minimum absolute atomic E-state index is 0. The maximum Gasteiger partial charge on any atom is 0.245 e. The first-order valence-electron chi connectivity index (χ1n) is 6.69. The van der Waals surface area contributed by atoms with Gasteiger partial charge in [0.25, 0.3) is 0 Å². The highest BCUT2D eigenvalue weighted by Crippen LogP contribution is 2.36. The van der Waals surface area contributed by atoms with Gasteiger partial charge in [0.2, 0.25) is 10.0 Å². The van der Waals surface area contributed by atoms with Crippen molar-refractivity contribution in [2.24, 2.45) is 0 Å². The number of hydrogen-bond donors (Lipinski definition) is 1. The van der Waals surface area contributed by atoms with Crippen molar-refractivity contribution < 1.29 is 8.42 Å². The van der Waals surface area contributed by atoms with Gasteiger partial charge in [-0.25, -0.2) is 8.42 Å². The molecule has 2 saturated heterocycles. The zero-order chi connectivity index (χ0) is 14.3. The Morgan fingerprint density at radius 1 is 1.24 bits per heavy atom. The Morgan fingerprint density at radius 2 is 1.95 bits per heavy atom. The summed E-state index contributed by atoms with van der Waals surface area (Å²) < 4.78 is 28.3. The zero-order valence-electron chi connectivity index (χ0n) is 11.3. The molecule has 2 aliphatic heterocycles. The summed E-state index contributed by atoms with van der Waals surface area (Å²) in [6.45, 7) is 1.60. The molecular weight excluding hydrogens is 399 g/mol. The van der Waals surface area contributed by atoms with E-state index >= 15 is 0 Å². The Morgan fingerprint density at radius 3 is 2.71 bits per heavy atom. The van der Waals surface area contributed by atoms with Crippen LogP contribution in [0, 0.1) is 0 Å². The van der Waals surface area contributed by atoms with Crippen molar-refractivity contribution in [2.45, 2.75) is 36.2 Å². The molecule has 0 saturated carbocycles. The molecule has 0 amide bonds. The highest BCUT2D eigenvalue weighted by Gasteiger charge is 2.43. The Labute approximate surface area is 144 Å². The average molecular weight is 416 g/mol. The maximum absolute atomic E-state index is 13.0. The summed E-state index contributed by atoms with van der Waals surface area (Å²) in [6.07, 6.45) is 2.72. The number of nitrogens with zero attached hydrogens (tertiary/aromatic N) is 1. The van der Waals surface area contributed by atoms with Crippen LogP contribution in [0.2, 0.25) is 5.02 Å². The van der Waals surface area contributed by atoms with Crippen LogP contribution in [-0.2, 0) is 10.0 Å². The van der Waals surface area contributed by atoms with E-state index in [1.807, 2.05) is 0 Å². The second kappa shape index (κ2) is 6.72. The molecule has 2 unspecified atom stereocenters. The first-order valence-corrected chi connectivity index (χ1v) is 9.30. The van der Waals surface area contributed by atoms with Crippen LogP contribution >= 0.6 is 39.9 Å². The van der Waals surface area contributed by atoms with Crippen LogP contribution in [0.15, 0.2) is 27.6 Å². The van der Waals surface area contributed by atoms with Crippen LogP contribution < -0.4 is 5.32 Å². The van der Waals surface area contributed by atoms with Crippen molar-refractivity contribution in [1.82, 2.24) is 9.62 Å². The summed E-state index contributed by atoms with van der Waals surface area (Å²) in [4.78, 5) is 0.201. The second-order valence-electron chi connectivity index (χ2n) is 5.29. The van der Waals surface area contributed by atoms with Gasteiger partial charge in [-0.1, -0.05) is 27.5 Å². The van der Waals surface area contributed by atoms with Crippen molar-refractivity contribution in [3.05, 3.63) is 27.7 Å². The number of benzene rings is 1. The van der Waals surface area contributed by atoms with Gasteiger partial charge in [-0.3, -0.25) is 0 Å². The average Bonchev–Trinajstić information content (AvgIpc) is 2.66. The monoisotopic (exact) mass is 414 g/mol. The molecule has 118 valence electrons. The number of rotatable bonds is 2. The summed E-state index contributed by atoms with van der Waals surface area (Å²) in [5, 5.41) is 3.59. The third-order valence-corrected chi connectivity index (χ3v) is 7.02. The van der Waals surface area contributed by atoms with Crippen LogP contribution in [0.4, 0.5) is 0 Å². The Balaban J connectivity index is 0.00000161. The van der Waals surface area contributed by atoms with E-state index in [1.54, 1.807) is 22.5 Å². The van der Waals surface area contributed by atoms with Gasteiger partial charge in [-0.15, -0.1) is 12.4 Å². The fourth-order valence-electron chi connectivity index (χ4n) is 3.12. The standard InChI is InChI=1S/C13H16BrClN2O2S.ClH/c14-9-1-4-12(15)13(7-9)20(18,19)17-10-2-3-11(17)8-16-6-5-10;/h1,4,7,10-11,16H,2-3,5-6,8H2;1H. The molecule has 2 bridgehead atoms. The van der Waals surface area contributed by atoms with E-state index in [2.05, 4.69) is 21.2 Å². The molecule has 2 aliphatic rings. The van der Waals surface area contributed by atoms with Crippen molar-refractivity contribution in [3.63, 3.8) is 0 Å². The topological polar surface area (TPSA) is 49.4 Å². The molecule has 1 aromatic carbocycles. The van der Waals surface area contributed by atoms with Crippen LogP contribution in [0.5, 0.6) is 0 Å². The second-order valence-corrected chi connectivity index (χ2v) is 8.42. The molecule has 8 heteroatoms. The molecule has 0 aromatic heterocycles. The van der Waals surface area contributed by atoms with Crippen molar-refractivity contribution in [1.29, 1.82) is 0 Å². The molecular formula is C13H17BrCl2N2O2S. The number of halogens is 3. The van der Waals surface area contributed by atoms with Gasteiger partial charge < -0.3 is 5.32 Å². The molecule has 2 fully saturated rings. The molecule has 1 N–H and O–H groups in total. The molecule has 1 aromatic rings. The lowest BCUT2D eigenvalue weighted by Crippen LogP contribution is -2.42. The normalized spacial score (nSPS) is 26.2. The lowest BCUT2D eigenvalue weighted by atomic mass is 10.1. The van der Waals surface area contributed by atoms with Gasteiger partial charge in [0.05, 0.1) is 5.02 Å². The van der Waals surface area contributed by atoms with E-state index in [9.17, 15) is 8.42 Å². The highest BCUT2D eigenvalue weighted by atomic mass is 79.9. The van der Waals surface area contributed by atoms with E-state index < -0.39 is 10.0 Å². The summed E-state index contributed by atoms with van der Waals surface area (Å²) in [5.74, 6) is 0. The molecule has 0 spiro atoms. The molecule has 0 aliphatic carbocycles. The summed E-state index contributed by atoms with van der Waals surface area (Å²) >= 11 is 9.43. The Hall–Kier alpha value is 0.150. The Kier molecular flexibility index (Phi) is 5.60. The predicted octanol–water partition coefficient (Wildman–Crippen LogP) is 3.04. The van der Waals surface area contributed by atoms with Crippen LogP contribution in [0.3, 0.4) is 0 Å².